The lowest BCUT2D eigenvalue weighted by molar-refractivity contribution is 0.331. The summed E-state index contributed by atoms with van der Waals surface area (Å²) in [6, 6.07) is 10.1. The first-order valence-electron chi connectivity index (χ1n) is 7.88. The van der Waals surface area contributed by atoms with Gasteiger partial charge in [0.1, 0.15) is 0 Å². The van der Waals surface area contributed by atoms with Crippen LogP contribution in [0.4, 0.5) is 0 Å². The van der Waals surface area contributed by atoms with Gasteiger partial charge in [0.15, 0.2) is 0 Å². The molecule has 0 spiro atoms. The molecular formula is C16H22N4O2S. The molecule has 0 unspecified atom stereocenters. The molecule has 2 aromatic rings. The minimum atomic E-state index is -3.18. The summed E-state index contributed by atoms with van der Waals surface area (Å²) in [5.74, 6) is 0. The molecule has 1 aromatic heterocycles. The zero-order valence-electron chi connectivity index (χ0n) is 13.2. The van der Waals surface area contributed by atoms with E-state index in [4.69, 9.17) is 0 Å². The van der Waals surface area contributed by atoms with Crippen molar-refractivity contribution in [3.05, 3.63) is 48.3 Å². The van der Waals surface area contributed by atoms with Crippen molar-refractivity contribution in [1.29, 1.82) is 0 Å². The molecule has 1 fully saturated rings. The van der Waals surface area contributed by atoms with Crippen LogP contribution in [0.1, 0.15) is 18.9 Å². The zero-order valence-corrected chi connectivity index (χ0v) is 14.0. The molecule has 1 aromatic carbocycles. The zero-order chi connectivity index (χ0) is 16.3. The fraction of sp³-hybridized carbons (Fsp3) is 0.438. The molecule has 0 bridgehead atoms. The molecule has 23 heavy (non-hydrogen) atoms. The van der Waals surface area contributed by atoms with Crippen LogP contribution in [0.25, 0.3) is 5.69 Å². The summed E-state index contributed by atoms with van der Waals surface area (Å²) in [4.78, 5) is 2.20. The van der Waals surface area contributed by atoms with Crippen LogP contribution in [0.2, 0.25) is 0 Å². The van der Waals surface area contributed by atoms with Crippen LogP contribution in [-0.4, -0.2) is 48.0 Å². The van der Waals surface area contributed by atoms with Crippen molar-refractivity contribution in [3.8, 4) is 5.69 Å². The summed E-state index contributed by atoms with van der Waals surface area (Å²) >= 11 is 0. The van der Waals surface area contributed by atoms with Gasteiger partial charge in [-0.1, -0.05) is 19.1 Å². The van der Waals surface area contributed by atoms with Gasteiger partial charge in [-0.05, 0) is 36.7 Å². The molecule has 1 N–H and O–H groups in total. The molecular weight excluding hydrogens is 312 g/mol. The van der Waals surface area contributed by atoms with E-state index in [0.717, 1.165) is 18.8 Å². The standard InChI is InChI=1S/C16H22N4O2S/c1-2-18-23(21,22)16-7-10-19(13-16)12-14-5-3-6-15(11-14)20-9-4-8-17-20/h3-6,8-9,11,16,18H,2,7,10,12-13H2,1H3/t16-/m1/s1. The highest BCUT2D eigenvalue weighted by atomic mass is 32.2. The van der Waals surface area contributed by atoms with Crippen molar-refractivity contribution in [2.75, 3.05) is 19.6 Å². The van der Waals surface area contributed by atoms with Crippen molar-refractivity contribution < 1.29 is 8.42 Å². The molecule has 1 atom stereocenters. The SMILES string of the molecule is CCNS(=O)(=O)[C@@H]1CCN(Cc2cccc(-n3cccn3)c2)C1. The van der Waals surface area contributed by atoms with Gasteiger partial charge >= 0.3 is 0 Å². The summed E-state index contributed by atoms with van der Waals surface area (Å²) in [6.45, 7) is 4.41. The maximum Gasteiger partial charge on any atom is 0.215 e. The number of sulfonamides is 1. The highest BCUT2D eigenvalue weighted by Crippen LogP contribution is 2.19. The second-order valence-corrected chi connectivity index (χ2v) is 7.85. The number of hydrogen-bond donors (Lipinski definition) is 1. The first-order valence-corrected chi connectivity index (χ1v) is 9.43. The number of nitrogens with zero attached hydrogens (tertiary/aromatic N) is 3. The Morgan fingerprint density at radius 2 is 2.22 bits per heavy atom. The first-order chi connectivity index (χ1) is 11.1. The third-order valence-electron chi connectivity index (χ3n) is 4.10. The van der Waals surface area contributed by atoms with Crippen molar-refractivity contribution >= 4 is 10.0 Å². The lowest BCUT2D eigenvalue weighted by atomic mass is 10.2. The van der Waals surface area contributed by atoms with E-state index in [1.54, 1.807) is 6.20 Å². The van der Waals surface area contributed by atoms with Crippen LogP contribution in [-0.2, 0) is 16.6 Å². The van der Waals surface area contributed by atoms with Crippen LogP contribution in [0, 0.1) is 0 Å². The van der Waals surface area contributed by atoms with Crippen molar-refractivity contribution in [2.24, 2.45) is 0 Å². The smallest absolute Gasteiger partial charge is 0.215 e. The highest BCUT2D eigenvalue weighted by molar-refractivity contribution is 7.90. The second-order valence-electron chi connectivity index (χ2n) is 5.81. The second kappa shape index (κ2) is 6.82. The van der Waals surface area contributed by atoms with E-state index in [9.17, 15) is 8.42 Å². The lowest BCUT2D eigenvalue weighted by Crippen LogP contribution is -2.36. The predicted octanol–water partition coefficient (Wildman–Crippen LogP) is 1.39. The lowest BCUT2D eigenvalue weighted by Gasteiger charge is -2.17. The number of nitrogens with one attached hydrogen (secondary N) is 1. The van der Waals surface area contributed by atoms with Crippen molar-refractivity contribution in [1.82, 2.24) is 19.4 Å². The summed E-state index contributed by atoms with van der Waals surface area (Å²) in [5.41, 5.74) is 2.18. The summed E-state index contributed by atoms with van der Waals surface area (Å²) in [6.07, 6.45) is 4.35. The Morgan fingerprint density at radius 1 is 1.35 bits per heavy atom. The van der Waals surface area contributed by atoms with Crippen LogP contribution in [0.3, 0.4) is 0 Å². The summed E-state index contributed by atoms with van der Waals surface area (Å²) in [7, 11) is -3.18. The topological polar surface area (TPSA) is 67.2 Å². The Balaban J connectivity index is 1.66. The third-order valence-corrected chi connectivity index (χ3v) is 6.05. The minimum Gasteiger partial charge on any atom is -0.298 e. The molecule has 6 nitrogen and oxygen atoms in total. The molecule has 1 aliphatic rings. The van der Waals surface area contributed by atoms with Gasteiger partial charge in [-0.2, -0.15) is 5.10 Å². The molecule has 7 heteroatoms. The molecule has 3 rings (SSSR count). The van der Waals surface area contributed by atoms with E-state index in [-0.39, 0.29) is 5.25 Å². The fourth-order valence-electron chi connectivity index (χ4n) is 2.99. The molecule has 2 heterocycles. The normalized spacial score (nSPS) is 19.3. The minimum absolute atomic E-state index is 0.309. The van der Waals surface area contributed by atoms with Gasteiger partial charge in [-0.15, -0.1) is 0 Å². The molecule has 0 saturated carbocycles. The fourth-order valence-corrected chi connectivity index (χ4v) is 4.45. The maximum atomic E-state index is 12.1. The average Bonchev–Trinajstić information content (AvgIpc) is 3.19. The van der Waals surface area contributed by atoms with E-state index < -0.39 is 10.0 Å². The Bertz CT molecular complexity index is 743. The number of benzene rings is 1. The van der Waals surface area contributed by atoms with E-state index >= 15 is 0 Å². The van der Waals surface area contributed by atoms with Crippen molar-refractivity contribution in [2.45, 2.75) is 25.1 Å². The van der Waals surface area contributed by atoms with Crippen LogP contribution >= 0.6 is 0 Å². The largest absolute Gasteiger partial charge is 0.298 e. The Hall–Kier alpha value is -1.70. The van der Waals surface area contributed by atoms with E-state index in [1.165, 1.54) is 5.56 Å². The number of aromatic nitrogens is 2. The summed E-state index contributed by atoms with van der Waals surface area (Å²) < 4.78 is 28.6. The van der Waals surface area contributed by atoms with Crippen LogP contribution < -0.4 is 4.72 Å². The van der Waals surface area contributed by atoms with Gasteiger partial charge in [0.05, 0.1) is 10.9 Å². The molecule has 1 aliphatic heterocycles. The number of rotatable bonds is 6. The highest BCUT2D eigenvalue weighted by Gasteiger charge is 2.32. The Labute approximate surface area is 137 Å². The summed E-state index contributed by atoms with van der Waals surface area (Å²) in [5, 5.41) is 3.93. The maximum absolute atomic E-state index is 12.1. The van der Waals surface area contributed by atoms with Crippen LogP contribution in [0.15, 0.2) is 42.7 Å². The average molecular weight is 334 g/mol. The number of hydrogen-bond acceptors (Lipinski definition) is 4. The van der Waals surface area contributed by atoms with Crippen molar-refractivity contribution in [3.63, 3.8) is 0 Å². The van der Waals surface area contributed by atoms with Gasteiger partial charge in [0.25, 0.3) is 0 Å². The quantitative estimate of drug-likeness (QED) is 0.867. The van der Waals surface area contributed by atoms with Gasteiger partial charge in [0.2, 0.25) is 10.0 Å². The monoisotopic (exact) mass is 334 g/mol. The van der Waals surface area contributed by atoms with E-state index in [0.29, 0.717) is 19.5 Å². The van der Waals surface area contributed by atoms with Gasteiger partial charge < -0.3 is 0 Å². The molecule has 124 valence electrons. The predicted molar refractivity (Wildman–Crippen MR) is 89.8 cm³/mol. The number of likely N-dealkylation sites (tertiary alicyclic amines) is 1. The molecule has 0 radical (unpaired) electrons. The van der Waals surface area contributed by atoms with Gasteiger partial charge in [-0.25, -0.2) is 17.8 Å². The van der Waals surface area contributed by atoms with E-state index in [1.807, 2.05) is 36.0 Å². The van der Waals surface area contributed by atoms with Gasteiger partial charge in [0, 0.05) is 32.0 Å². The third kappa shape index (κ3) is 3.80. The van der Waals surface area contributed by atoms with Gasteiger partial charge in [-0.3, -0.25) is 4.90 Å². The molecule has 1 saturated heterocycles. The van der Waals surface area contributed by atoms with Crippen LogP contribution in [0.5, 0.6) is 0 Å². The Kier molecular flexibility index (Phi) is 4.79. The Morgan fingerprint density at radius 3 is 2.96 bits per heavy atom. The first kappa shape index (κ1) is 16.2. The molecule has 0 amide bonds. The molecule has 0 aliphatic carbocycles. The van der Waals surface area contributed by atoms with E-state index in [2.05, 4.69) is 26.9 Å².